The van der Waals surface area contributed by atoms with E-state index in [9.17, 15) is 4.79 Å². The van der Waals surface area contributed by atoms with Crippen molar-refractivity contribution >= 4 is 5.91 Å². The second-order valence-electron chi connectivity index (χ2n) is 7.68. The minimum absolute atomic E-state index is 0.0542. The first-order chi connectivity index (χ1) is 12.4. The number of ether oxygens (including phenoxy) is 1. The highest BCUT2D eigenvalue weighted by Crippen LogP contribution is 2.33. The van der Waals surface area contributed by atoms with Gasteiger partial charge in [-0.05, 0) is 42.5 Å². The molecule has 0 atom stereocenters. The maximum Gasteiger partial charge on any atom is 0.289 e. The van der Waals surface area contributed by atoms with Gasteiger partial charge in [0.2, 0.25) is 0 Å². The Labute approximate surface area is 156 Å². The number of aromatic nitrogens is 2. The van der Waals surface area contributed by atoms with Gasteiger partial charge in [0.05, 0.1) is 18.5 Å². The summed E-state index contributed by atoms with van der Waals surface area (Å²) in [5.74, 6) is 2.30. The molecule has 26 heavy (non-hydrogen) atoms. The number of hydrogen-bond acceptors (Lipinski definition) is 3. The van der Waals surface area contributed by atoms with Crippen LogP contribution in [-0.2, 0) is 6.54 Å². The Morgan fingerprint density at radius 2 is 1.81 bits per heavy atom. The van der Waals surface area contributed by atoms with Gasteiger partial charge in [-0.2, -0.15) is 0 Å². The maximum absolute atomic E-state index is 13.0. The van der Waals surface area contributed by atoms with Gasteiger partial charge in [0.15, 0.2) is 5.82 Å². The number of benzene rings is 1. The SMILES string of the molecule is COc1ccc(-c2c(C(C)C)nc3n2CCN(CCC(C)C)C3=O)cc1. The zero-order valence-corrected chi connectivity index (χ0v) is 16.5. The highest BCUT2D eigenvalue weighted by atomic mass is 16.5. The fourth-order valence-corrected chi connectivity index (χ4v) is 3.40. The van der Waals surface area contributed by atoms with Gasteiger partial charge in [0.25, 0.3) is 5.91 Å². The molecule has 0 N–H and O–H groups in total. The molecule has 0 aliphatic carbocycles. The van der Waals surface area contributed by atoms with Crippen molar-refractivity contribution in [3.8, 4) is 17.0 Å². The predicted octanol–water partition coefficient (Wildman–Crippen LogP) is 4.18. The Balaban J connectivity index is 1.99. The van der Waals surface area contributed by atoms with E-state index >= 15 is 0 Å². The lowest BCUT2D eigenvalue weighted by atomic mass is 10.0. The summed E-state index contributed by atoms with van der Waals surface area (Å²) in [6, 6.07) is 8.01. The Morgan fingerprint density at radius 3 is 2.38 bits per heavy atom. The Bertz CT molecular complexity index is 775. The van der Waals surface area contributed by atoms with Crippen LogP contribution in [0.25, 0.3) is 11.3 Å². The first kappa shape index (κ1) is 18.5. The molecule has 0 radical (unpaired) electrons. The molecule has 0 saturated heterocycles. The minimum atomic E-state index is 0.0542. The second kappa shape index (κ2) is 7.52. The molecule has 140 valence electrons. The van der Waals surface area contributed by atoms with Crippen LogP contribution in [0, 0.1) is 5.92 Å². The number of imidazole rings is 1. The monoisotopic (exact) mass is 355 g/mol. The molecular formula is C21H29N3O2. The number of nitrogens with zero attached hydrogens (tertiary/aromatic N) is 3. The zero-order chi connectivity index (χ0) is 18.8. The number of hydrogen-bond donors (Lipinski definition) is 0. The van der Waals surface area contributed by atoms with E-state index < -0.39 is 0 Å². The number of fused-ring (bicyclic) bond motifs is 1. The average molecular weight is 355 g/mol. The summed E-state index contributed by atoms with van der Waals surface area (Å²) in [6.45, 7) is 11.0. The third-order valence-electron chi connectivity index (χ3n) is 4.95. The van der Waals surface area contributed by atoms with Gasteiger partial charge in [0, 0.05) is 25.2 Å². The molecule has 0 fully saturated rings. The van der Waals surface area contributed by atoms with Gasteiger partial charge in [0.1, 0.15) is 5.75 Å². The first-order valence-electron chi connectivity index (χ1n) is 9.46. The van der Waals surface area contributed by atoms with Crippen molar-refractivity contribution in [2.75, 3.05) is 20.2 Å². The molecule has 5 nitrogen and oxygen atoms in total. The van der Waals surface area contributed by atoms with Crippen LogP contribution in [0.1, 0.15) is 56.3 Å². The molecule has 1 aromatic carbocycles. The van der Waals surface area contributed by atoms with E-state index in [4.69, 9.17) is 9.72 Å². The van der Waals surface area contributed by atoms with Crippen LogP contribution in [0.4, 0.5) is 0 Å². The minimum Gasteiger partial charge on any atom is -0.497 e. The van der Waals surface area contributed by atoms with E-state index in [2.05, 4.69) is 32.3 Å². The third kappa shape index (κ3) is 3.48. The lowest BCUT2D eigenvalue weighted by molar-refractivity contribution is 0.0689. The average Bonchev–Trinajstić information content (AvgIpc) is 3.02. The van der Waals surface area contributed by atoms with Gasteiger partial charge in [-0.3, -0.25) is 4.79 Å². The number of carbonyl (C=O) groups is 1. The smallest absolute Gasteiger partial charge is 0.289 e. The third-order valence-corrected chi connectivity index (χ3v) is 4.95. The van der Waals surface area contributed by atoms with E-state index in [0.29, 0.717) is 11.7 Å². The van der Waals surface area contributed by atoms with Crippen molar-refractivity contribution in [1.29, 1.82) is 0 Å². The first-order valence-corrected chi connectivity index (χ1v) is 9.46. The van der Waals surface area contributed by atoms with Gasteiger partial charge in [-0.15, -0.1) is 0 Å². The van der Waals surface area contributed by atoms with Crippen molar-refractivity contribution in [1.82, 2.24) is 14.5 Å². The van der Waals surface area contributed by atoms with E-state index in [1.54, 1.807) is 7.11 Å². The normalized spacial score (nSPS) is 14.3. The molecule has 0 spiro atoms. The van der Waals surface area contributed by atoms with Gasteiger partial charge in [-0.1, -0.05) is 27.7 Å². The molecule has 1 aliphatic rings. The summed E-state index contributed by atoms with van der Waals surface area (Å²) in [7, 11) is 1.67. The number of rotatable bonds is 6. The van der Waals surface area contributed by atoms with E-state index in [0.717, 1.165) is 48.8 Å². The summed E-state index contributed by atoms with van der Waals surface area (Å²) in [5, 5.41) is 0. The number of carbonyl (C=O) groups excluding carboxylic acids is 1. The highest BCUT2D eigenvalue weighted by molar-refractivity contribution is 5.93. The molecule has 2 aromatic rings. The summed E-state index contributed by atoms with van der Waals surface area (Å²) in [5.41, 5.74) is 3.13. The molecule has 3 rings (SSSR count). The molecule has 1 aromatic heterocycles. The van der Waals surface area contributed by atoms with Crippen LogP contribution in [0.5, 0.6) is 5.75 Å². The fourth-order valence-electron chi connectivity index (χ4n) is 3.40. The standard InChI is InChI=1S/C21H29N3O2/c1-14(2)10-11-23-12-13-24-19(16-6-8-17(26-5)9-7-16)18(15(3)4)22-20(24)21(23)25/h6-9,14-15H,10-13H2,1-5H3. The molecule has 1 aliphatic heterocycles. The fraction of sp³-hybridized carbons (Fsp3) is 0.524. The molecule has 0 unspecified atom stereocenters. The van der Waals surface area contributed by atoms with Crippen LogP contribution >= 0.6 is 0 Å². The van der Waals surface area contributed by atoms with Crippen LogP contribution < -0.4 is 4.74 Å². The van der Waals surface area contributed by atoms with Gasteiger partial charge in [-0.25, -0.2) is 4.98 Å². The Morgan fingerprint density at radius 1 is 1.12 bits per heavy atom. The van der Waals surface area contributed by atoms with Gasteiger partial charge >= 0.3 is 0 Å². The second-order valence-corrected chi connectivity index (χ2v) is 7.68. The van der Waals surface area contributed by atoms with Crippen LogP contribution in [0.15, 0.2) is 24.3 Å². The molecular weight excluding hydrogens is 326 g/mol. The van der Waals surface area contributed by atoms with Crippen molar-refractivity contribution in [3.63, 3.8) is 0 Å². The van der Waals surface area contributed by atoms with Crippen molar-refractivity contribution in [3.05, 3.63) is 35.8 Å². The summed E-state index contributed by atoms with van der Waals surface area (Å²) >= 11 is 0. The Kier molecular flexibility index (Phi) is 5.35. The predicted molar refractivity (Wildman–Crippen MR) is 104 cm³/mol. The van der Waals surface area contributed by atoms with Crippen LogP contribution in [-0.4, -0.2) is 40.6 Å². The highest BCUT2D eigenvalue weighted by Gasteiger charge is 2.31. The summed E-state index contributed by atoms with van der Waals surface area (Å²) in [4.78, 5) is 19.7. The molecule has 0 bridgehead atoms. The van der Waals surface area contributed by atoms with E-state index in [1.807, 2.05) is 29.2 Å². The largest absolute Gasteiger partial charge is 0.497 e. The zero-order valence-electron chi connectivity index (χ0n) is 16.5. The van der Waals surface area contributed by atoms with Crippen molar-refractivity contribution < 1.29 is 9.53 Å². The maximum atomic E-state index is 13.0. The molecule has 0 saturated carbocycles. The number of amides is 1. The lowest BCUT2D eigenvalue weighted by Crippen LogP contribution is -2.41. The van der Waals surface area contributed by atoms with Crippen LogP contribution in [0.3, 0.4) is 0 Å². The van der Waals surface area contributed by atoms with Crippen molar-refractivity contribution in [2.24, 2.45) is 5.92 Å². The van der Waals surface area contributed by atoms with E-state index in [-0.39, 0.29) is 11.8 Å². The molecule has 1 amide bonds. The van der Waals surface area contributed by atoms with Crippen LogP contribution in [0.2, 0.25) is 0 Å². The van der Waals surface area contributed by atoms with E-state index in [1.165, 1.54) is 0 Å². The molecule has 5 heteroatoms. The quantitative estimate of drug-likeness (QED) is 0.781. The van der Waals surface area contributed by atoms with Gasteiger partial charge < -0.3 is 14.2 Å². The molecule has 2 heterocycles. The van der Waals surface area contributed by atoms with Crippen molar-refractivity contribution in [2.45, 2.75) is 46.6 Å². The topological polar surface area (TPSA) is 47.4 Å². The summed E-state index contributed by atoms with van der Waals surface area (Å²) < 4.78 is 7.37. The Hall–Kier alpha value is -2.30. The lowest BCUT2D eigenvalue weighted by Gasteiger charge is -2.29. The number of methoxy groups -OCH3 is 1. The summed E-state index contributed by atoms with van der Waals surface area (Å²) in [6.07, 6.45) is 1.02.